The maximum Gasteiger partial charge on any atom is 0.337 e. The molecule has 0 saturated carbocycles. The number of aromatic nitrogens is 1. The highest BCUT2D eigenvalue weighted by Crippen LogP contribution is 2.27. The van der Waals surface area contributed by atoms with Gasteiger partial charge in [-0.25, -0.2) is 9.78 Å². The van der Waals surface area contributed by atoms with Crippen LogP contribution in [0.5, 0.6) is 0 Å². The van der Waals surface area contributed by atoms with Crippen LogP contribution in [-0.4, -0.2) is 22.0 Å². The second-order valence-electron chi connectivity index (χ2n) is 3.90. The van der Waals surface area contributed by atoms with Crippen LogP contribution < -0.4 is 11.1 Å². The Bertz CT molecular complexity index is 671. The number of nitrogens with zero attached hydrogens (tertiary/aromatic N) is 1. The summed E-state index contributed by atoms with van der Waals surface area (Å²) in [6, 6.07) is 7.62. The molecule has 0 aliphatic carbocycles. The number of nitrogens with two attached hydrogens (primary N) is 1. The fourth-order valence-corrected chi connectivity index (χ4v) is 2.01. The highest BCUT2D eigenvalue weighted by molar-refractivity contribution is 9.10. The smallest absolute Gasteiger partial charge is 0.337 e. The summed E-state index contributed by atoms with van der Waals surface area (Å²) in [5.74, 6) is -1.65. The lowest BCUT2D eigenvalue weighted by atomic mass is 10.1. The van der Waals surface area contributed by atoms with Gasteiger partial charge in [0.2, 0.25) is 0 Å². The standard InChI is InChI=1S/C13H10BrN3O3/c14-9-3-1-2-8(13(19)20)11(9)17-12(18)10-5-4-7(15)6-16-10/h1-6H,15H2,(H,17,18)(H,19,20). The predicted octanol–water partition coefficient (Wildman–Crippen LogP) is 2.38. The molecular weight excluding hydrogens is 326 g/mol. The zero-order valence-corrected chi connectivity index (χ0v) is 11.7. The van der Waals surface area contributed by atoms with Crippen molar-refractivity contribution in [2.75, 3.05) is 11.1 Å². The minimum atomic E-state index is -1.13. The number of carboxylic acid groups (broad SMARTS) is 1. The van der Waals surface area contributed by atoms with Crippen molar-refractivity contribution >= 4 is 39.2 Å². The van der Waals surface area contributed by atoms with E-state index in [1.807, 2.05) is 0 Å². The first-order valence-corrected chi connectivity index (χ1v) is 6.33. The largest absolute Gasteiger partial charge is 0.478 e. The lowest BCUT2D eigenvalue weighted by Crippen LogP contribution is -2.16. The lowest BCUT2D eigenvalue weighted by molar-refractivity contribution is 0.0698. The van der Waals surface area contributed by atoms with Gasteiger partial charge in [0.1, 0.15) is 5.69 Å². The molecule has 0 unspecified atom stereocenters. The summed E-state index contributed by atoms with van der Waals surface area (Å²) in [7, 11) is 0. The number of aromatic carboxylic acids is 1. The van der Waals surface area contributed by atoms with Crippen molar-refractivity contribution in [1.29, 1.82) is 0 Å². The van der Waals surface area contributed by atoms with Gasteiger partial charge in [0.05, 0.1) is 23.1 Å². The summed E-state index contributed by atoms with van der Waals surface area (Å²) in [5.41, 5.74) is 6.24. The van der Waals surface area contributed by atoms with Crippen LogP contribution in [-0.2, 0) is 0 Å². The average molecular weight is 336 g/mol. The van der Waals surface area contributed by atoms with Crippen LogP contribution in [0, 0.1) is 0 Å². The minimum absolute atomic E-state index is 0.0110. The molecule has 4 N–H and O–H groups in total. The van der Waals surface area contributed by atoms with E-state index >= 15 is 0 Å². The predicted molar refractivity (Wildman–Crippen MR) is 77.7 cm³/mol. The summed E-state index contributed by atoms with van der Waals surface area (Å²) < 4.78 is 0.473. The van der Waals surface area contributed by atoms with Crippen molar-refractivity contribution in [3.63, 3.8) is 0 Å². The van der Waals surface area contributed by atoms with Crippen LogP contribution in [0.25, 0.3) is 0 Å². The summed E-state index contributed by atoms with van der Waals surface area (Å²) in [6.07, 6.45) is 1.35. The molecular formula is C13H10BrN3O3. The van der Waals surface area contributed by atoms with Gasteiger partial charge in [-0.2, -0.15) is 0 Å². The molecule has 0 radical (unpaired) electrons. The Balaban J connectivity index is 2.32. The van der Waals surface area contributed by atoms with E-state index in [0.717, 1.165) is 0 Å². The molecule has 0 fully saturated rings. The fraction of sp³-hybridized carbons (Fsp3) is 0. The summed E-state index contributed by atoms with van der Waals surface area (Å²) in [4.78, 5) is 27.0. The minimum Gasteiger partial charge on any atom is -0.478 e. The van der Waals surface area contributed by atoms with Crippen LogP contribution >= 0.6 is 15.9 Å². The number of carboxylic acids is 1. The molecule has 1 aromatic heterocycles. The normalized spacial score (nSPS) is 10.1. The van der Waals surface area contributed by atoms with Crippen LogP contribution in [0.15, 0.2) is 41.0 Å². The first-order valence-electron chi connectivity index (χ1n) is 5.53. The van der Waals surface area contributed by atoms with Crippen LogP contribution in [0.4, 0.5) is 11.4 Å². The number of carbonyl (C=O) groups excluding carboxylic acids is 1. The van der Waals surface area contributed by atoms with E-state index < -0.39 is 11.9 Å². The quantitative estimate of drug-likeness (QED) is 0.798. The van der Waals surface area contributed by atoms with Gasteiger partial charge in [-0.05, 0) is 40.2 Å². The molecule has 20 heavy (non-hydrogen) atoms. The molecule has 2 aromatic rings. The van der Waals surface area contributed by atoms with Gasteiger partial charge in [0.15, 0.2) is 0 Å². The van der Waals surface area contributed by atoms with Crippen molar-refractivity contribution in [2.45, 2.75) is 0 Å². The van der Waals surface area contributed by atoms with Gasteiger partial charge >= 0.3 is 5.97 Å². The summed E-state index contributed by atoms with van der Waals surface area (Å²) in [5, 5.41) is 11.6. The molecule has 0 spiro atoms. The van der Waals surface area contributed by atoms with Gasteiger partial charge < -0.3 is 16.2 Å². The number of carbonyl (C=O) groups is 2. The molecule has 0 atom stereocenters. The first-order chi connectivity index (χ1) is 9.49. The molecule has 1 heterocycles. The molecule has 0 bridgehead atoms. The van der Waals surface area contributed by atoms with E-state index in [4.69, 9.17) is 10.8 Å². The number of nitrogens with one attached hydrogen (secondary N) is 1. The molecule has 2 rings (SSSR count). The molecule has 7 heteroatoms. The van der Waals surface area contributed by atoms with Gasteiger partial charge in [-0.15, -0.1) is 0 Å². The molecule has 102 valence electrons. The number of para-hydroxylation sites is 1. The number of hydrogen-bond donors (Lipinski definition) is 3. The van der Waals surface area contributed by atoms with E-state index in [1.165, 1.54) is 18.3 Å². The van der Waals surface area contributed by atoms with Gasteiger partial charge in [0.25, 0.3) is 5.91 Å². The zero-order valence-electron chi connectivity index (χ0n) is 10.1. The first kappa shape index (κ1) is 14.0. The molecule has 0 saturated heterocycles. The highest BCUT2D eigenvalue weighted by atomic mass is 79.9. The zero-order chi connectivity index (χ0) is 14.7. The number of halogens is 1. The number of benzene rings is 1. The number of pyridine rings is 1. The maximum absolute atomic E-state index is 12.0. The lowest BCUT2D eigenvalue weighted by Gasteiger charge is -2.10. The van der Waals surface area contributed by atoms with E-state index in [-0.39, 0.29) is 16.9 Å². The van der Waals surface area contributed by atoms with E-state index in [2.05, 4.69) is 26.2 Å². The number of anilines is 2. The van der Waals surface area contributed by atoms with E-state index in [0.29, 0.717) is 10.2 Å². The third-order valence-electron chi connectivity index (χ3n) is 2.50. The molecule has 0 aliphatic rings. The fourth-order valence-electron chi connectivity index (χ4n) is 1.55. The summed E-state index contributed by atoms with van der Waals surface area (Å²) in [6.45, 7) is 0. The average Bonchev–Trinajstić information content (AvgIpc) is 2.41. The van der Waals surface area contributed by atoms with Crippen molar-refractivity contribution < 1.29 is 14.7 Å². The number of hydrogen-bond acceptors (Lipinski definition) is 4. The number of nitrogen functional groups attached to an aromatic ring is 1. The van der Waals surface area contributed by atoms with Gasteiger partial charge in [-0.1, -0.05) is 6.07 Å². The molecule has 0 aliphatic heterocycles. The van der Waals surface area contributed by atoms with Crippen molar-refractivity contribution in [2.24, 2.45) is 0 Å². The third kappa shape index (κ3) is 2.94. The summed E-state index contributed by atoms with van der Waals surface area (Å²) >= 11 is 3.21. The SMILES string of the molecule is Nc1ccc(C(=O)Nc2c(Br)cccc2C(=O)O)nc1. The second-order valence-corrected chi connectivity index (χ2v) is 4.75. The molecule has 6 nitrogen and oxygen atoms in total. The Hall–Kier alpha value is -2.41. The van der Waals surface area contributed by atoms with Crippen molar-refractivity contribution in [3.05, 3.63) is 52.3 Å². The van der Waals surface area contributed by atoms with Gasteiger partial charge in [0, 0.05) is 4.47 Å². The highest BCUT2D eigenvalue weighted by Gasteiger charge is 2.16. The maximum atomic E-state index is 12.0. The Morgan fingerprint density at radius 2 is 2.00 bits per heavy atom. The Morgan fingerprint density at radius 3 is 2.60 bits per heavy atom. The van der Waals surface area contributed by atoms with Crippen molar-refractivity contribution in [3.8, 4) is 0 Å². The van der Waals surface area contributed by atoms with Crippen LogP contribution in [0.3, 0.4) is 0 Å². The third-order valence-corrected chi connectivity index (χ3v) is 3.16. The monoisotopic (exact) mass is 335 g/mol. The van der Waals surface area contributed by atoms with E-state index in [9.17, 15) is 9.59 Å². The van der Waals surface area contributed by atoms with E-state index in [1.54, 1.807) is 18.2 Å². The van der Waals surface area contributed by atoms with Crippen LogP contribution in [0.1, 0.15) is 20.8 Å². The molecule has 1 aromatic carbocycles. The Labute approximate surface area is 122 Å². The molecule has 1 amide bonds. The topological polar surface area (TPSA) is 105 Å². The second kappa shape index (κ2) is 5.70. The van der Waals surface area contributed by atoms with Crippen LogP contribution in [0.2, 0.25) is 0 Å². The van der Waals surface area contributed by atoms with Gasteiger partial charge in [-0.3, -0.25) is 4.79 Å². The Kier molecular flexibility index (Phi) is 3.99. The van der Waals surface area contributed by atoms with Crippen molar-refractivity contribution in [1.82, 2.24) is 4.98 Å². The Morgan fingerprint density at radius 1 is 1.25 bits per heavy atom. The number of rotatable bonds is 3. The number of amides is 1.